The van der Waals surface area contributed by atoms with Gasteiger partial charge in [-0.1, -0.05) is 43.0 Å². The number of nitrogens with one attached hydrogen (secondary N) is 1. The first-order chi connectivity index (χ1) is 11.6. The molecule has 1 saturated heterocycles. The number of carbonyl (C=O) groups excluding carboxylic acids is 1. The van der Waals surface area contributed by atoms with Gasteiger partial charge in [0.2, 0.25) is 5.91 Å². The fraction of sp³-hybridized carbons (Fsp3) is 0.632. The van der Waals surface area contributed by atoms with E-state index in [-0.39, 0.29) is 36.8 Å². The van der Waals surface area contributed by atoms with Gasteiger partial charge in [0.25, 0.3) is 0 Å². The quantitative estimate of drug-likeness (QED) is 0.751. The van der Waals surface area contributed by atoms with Crippen LogP contribution in [-0.4, -0.2) is 36.0 Å². The van der Waals surface area contributed by atoms with Crippen LogP contribution in [0.5, 0.6) is 0 Å². The van der Waals surface area contributed by atoms with E-state index in [9.17, 15) is 4.79 Å². The summed E-state index contributed by atoms with van der Waals surface area (Å²) in [6.07, 6.45) is 7.30. The third-order valence-corrected chi connectivity index (χ3v) is 5.70. The van der Waals surface area contributed by atoms with Crippen LogP contribution in [0, 0.1) is 0 Å². The van der Waals surface area contributed by atoms with Crippen LogP contribution < -0.4 is 11.1 Å². The van der Waals surface area contributed by atoms with Crippen LogP contribution in [0.2, 0.25) is 5.02 Å². The van der Waals surface area contributed by atoms with Gasteiger partial charge in [-0.2, -0.15) is 0 Å². The van der Waals surface area contributed by atoms with Crippen molar-refractivity contribution in [3.63, 3.8) is 0 Å². The molecule has 1 heterocycles. The van der Waals surface area contributed by atoms with Gasteiger partial charge in [0.15, 0.2) is 0 Å². The predicted molar refractivity (Wildman–Crippen MR) is 113 cm³/mol. The Morgan fingerprint density at radius 3 is 2.42 bits per heavy atom. The molecular weight excluding hydrogens is 393 g/mol. The summed E-state index contributed by atoms with van der Waals surface area (Å²) in [7, 11) is 0. The molecule has 0 spiro atoms. The Labute approximate surface area is 174 Å². The Bertz CT molecular complexity index is 573. The molecule has 2 aliphatic rings. The summed E-state index contributed by atoms with van der Waals surface area (Å²) in [6.45, 7) is 2.74. The molecule has 148 valence electrons. The first kappa shape index (κ1) is 23.5. The molecule has 7 heteroatoms. The number of benzene rings is 1. The third kappa shape index (κ3) is 5.74. The fourth-order valence-corrected chi connectivity index (χ4v) is 4.20. The molecule has 1 saturated carbocycles. The highest BCUT2D eigenvalue weighted by atomic mass is 35.5. The lowest BCUT2D eigenvalue weighted by atomic mass is 9.82. The number of amides is 1. The summed E-state index contributed by atoms with van der Waals surface area (Å²) in [5.41, 5.74) is 6.85. The van der Waals surface area contributed by atoms with Crippen molar-refractivity contribution in [2.45, 2.75) is 56.5 Å². The number of rotatable bonds is 5. The Hall–Kier alpha value is -0.520. The SMILES string of the molecule is Cl.Cl.NC1(C(=O)NCC(c2cccc(Cl)c2)N2CCCC2)CCCCC1. The van der Waals surface area contributed by atoms with Crippen molar-refractivity contribution in [3.8, 4) is 0 Å². The number of carbonyl (C=O) groups is 1. The van der Waals surface area contributed by atoms with E-state index in [0.29, 0.717) is 6.54 Å². The van der Waals surface area contributed by atoms with Crippen molar-refractivity contribution in [2.75, 3.05) is 19.6 Å². The monoisotopic (exact) mass is 421 g/mol. The summed E-state index contributed by atoms with van der Waals surface area (Å²) in [6, 6.07) is 8.15. The van der Waals surface area contributed by atoms with Crippen molar-refractivity contribution in [3.05, 3.63) is 34.9 Å². The smallest absolute Gasteiger partial charge is 0.240 e. The first-order valence-electron chi connectivity index (χ1n) is 9.15. The van der Waals surface area contributed by atoms with Gasteiger partial charge >= 0.3 is 0 Å². The summed E-state index contributed by atoms with van der Waals surface area (Å²) in [5, 5.41) is 3.88. The van der Waals surface area contributed by atoms with E-state index in [1.54, 1.807) is 0 Å². The van der Waals surface area contributed by atoms with Crippen molar-refractivity contribution in [2.24, 2.45) is 5.73 Å². The minimum absolute atomic E-state index is 0. The molecular formula is C19H30Cl3N3O. The highest BCUT2D eigenvalue weighted by Crippen LogP contribution is 2.28. The van der Waals surface area contributed by atoms with Gasteiger partial charge in [-0.3, -0.25) is 9.69 Å². The Morgan fingerprint density at radius 1 is 1.15 bits per heavy atom. The van der Waals surface area contributed by atoms with Gasteiger partial charge in [-0.25, -0.2) is 0 Å². The highest BCUT2D eigenvalue weighted by molar-refractivity contribution is 6.30. The standard InChI is InChI=1S/C19H28ClN3O.2ClH/c20-16-8-6-7-15(13-16)17(23-11-4-5-12-23)14-22-18(24)19(21)9-2-1-3-10-19;;/h6-8,13,17H,1-5,9-12,14,21H2,(H,22,24);2*1H. The molecule has 1 amide bonds. The summed E-state index contributed by atoms with van der Waals surface area (Å²) >= 11 is 6.18. The second kappa shape index (κ2) is 10.7. The normalized spacial score (nSPS) is 20.5. The van der Waals surface area contributed by atoms with Crippen LogP contribution in [0.15, 0.2) is 24.3 Å². The van der Waals surface area contributed by atoms with Gasteiger partial charge in [-0.15, -0.1) is 24.8 Å². The van der Waals surface area contributed by atoms with Crippen molar-refractivity contribution >= 4 is 42.3 Å². The van der Waals surface area contributed by atoms with E-state index in [1.165, 1.54) is 24.8 Å². The van der Waals surface area contributed by atoms with E-state index in [0.717, 1.165) is 43.8 Å². The van der Waals surface area contributed by atoms with E-state index in [4.69, 9.17) is 17.3 Å². The number of likely N-dealkylation sites (tertiary alicyclic amines) is 1. The Morgan fingerprint density at radius 2 is 1.81 bits per heavy atom. The molecule has 26 heavy (non-hydrogen) atoms. The van der Waals surface area contributed by atoms with Crippen LogP contribution in [0.4, 0.5) is 0 Å². The molecule has 1 aliphatic heterocycles. The fourth-order valence-electron chi connectivity index (χ4n) is 4.00. The first-order valence-corrected chi connectivity index (χ1v) is 9.53. The van der Waals surface area contributed by atoms with Crippen LogP contribution in [-0.2, 0) is 4.79 Å². The summed E-state index contributed by atoms with van der Waals surface area (Å²) < 4.78 is 0. The van der Waals surface area contributed by atoms with Gasteiger partial charge in [0.1, 0.15) is 0 Å². The number of hydrogen-bond donors (Lipinski definition) is 2. The van der Waals surface area contributed by atoms with Gasteiger partial charge in [-0.05, 0) is 56.5 Å². The van der Waals surface area contributed by atoms with E-state index < -0.39 is 5.54 Å². The summed E-state index contributed by atoms with van der Waals surface area (Å²) in [4.78, 5) is 15.1. The predicted octanol–water partition coefficient (Wildman–Crippen LogP) is 4.10. The zero-order valence-corrected chi connectivity index (χ0v) is 17.5. The van der Waals surface area contributed by atoms with Gasteiger partial charge in [0, 0.05) is 11.6 Å². The number of nitrogens with zero attached hydrogens (tertiary/aromatic N) is 1. The average Bonchev–Trinajstić information content (AvgIpc) is 3.10. The van der Waals surface area contributed by atoms with Crippen LogP contribution >= 0.6 is 36.4 Å². The second-order valence-electron chi connectivity index (χ2n) is 7.24. The molecule has 1 atom stereocenters. The molecule has 1 aromatic rings. The molecule has 0 radical (unpaired) electrons. The molecule has 1 aromatic carbocycles. The highest BCUT2D eigenvalue weighted by Gasteiger charge is 2.35. The lowest BCUT2D eigenvalue weighted by Crippen LogP contribution is -2.56. The molecule has 1 aliphatic carbocycles. The minimum Gasteiger partial charge on any atom is -0.353 e. The van der Waals surface area contributed by atoms with Crippen molar-refractivity contribution < 1.29 is 4.79 Å². The van der Waals surface area contributed by atoms with Crippen LogP contribution in [0.1, 0.15) is 56.6 Å². The van der Waals surface area contributed by atoms with Gasteiger partial charge < -0.3 is 11.1 Å². The average molecular weight is 423 g/mol. The maximum Gasteiger partial charge on any atom is 0.240 e. The Kier molecular flexibility index (Phi) is 9.70. The maximum absolute atomic E-state index is 12.7. The second-order valence-corrected chi connectivity index (χ2v) is 7.68. The molecule has 3 rings (SSSR count). The largest absolute Gasteiger partial charge is 0.353 e. The van der Waals surface area contributed by atoms with Crippen molar-refractivity contribution in [1.29, 1.82) is 0 Å². The third-order valence-electron chi connectivity index (χ3n) is 5.47. The van der Waals surface area contributed by atoms with Crippen LogP contribution in [0.25, 0.3) is 0 Å². The zero-order valence-electron chi connectivity index (χ0n) is 15.1. The van der Waals surface area contributed by atoms with Crippen molar-refractivity contribution in [1.82, 2.24) is 10.2 Å². The zero-order chi connectivity index (χ0) is 17.0. The van der Waals surface area contributed by atoms with E-state index in [1.807, 2.05) is 18.2 Å². The van der Waals surface area contributed by atoms with E-state index >= 15 is 0 Å². The molecule has 0 bridgehead atoms. The lowest BCUT2D eigenvalue weighted by Gasteiger charge is -2.34. The maximum atomic E-state index is 12.7. The lowest BCUT2D eigenvalue weighted by molar-refractivity contribution is -0.127. The molecule has 1 unspecified atom stereocenters. The van der Waals surface area contributed by atoms with E-state index in [2.05, 4.69) is 16.3 Å². The molecule has 0 aromatic heterocycles. The summed E-state index contributed by atoms with van der Waals surface area (Å²) in [5.74, 6) is 0.00780. The molecule has 4 nitrogen and oxygen atoms in total. The van der Waals surface area contributed by atoms with Crippen LogP contribution in [0.3, 0.4) is 0 Å². The number of hydrogen-bond acceptors (Lipinski definition) is 3. The topological polar surface area (TPSA) is 58.4 Å². The number of nitrogens with two attached hydrogens (primary N) is 1. The van der Waals surface area contributed by atoms with Gasteiger partial charge in [0.05, 0.1) is 11.6 Å². The molecule has 2 fully saturated rings. The number of halogens is 3. The Balaban J connectivity index is 0.00000169. The minimum atomic E-state index is -0.678. The molecule has 3 N–H and O–H groups in total.